The van der Waals surface area contributed by atoms with Gasteiger partial charge in [-0.1, -0.05) is 43.7 Å². The second-order valence-electron chi connectivity index (χ2n) is 9.68. The molecule has 2 saturated heterocycles. The smallest absolute Gasteiger partial charge is 0.323 e. The van der Waals surface area contributed by atoms with Gasteiger partial charge in [0, 0.05) is 0 Å². The van der Waals surface area contributed by atoms with Gasteiger partial charge in [0.15, 0.2) is 0 Å². The monoisotopic (exact) mass is 469 g/mol. The van der Waals surface area contributed by atoms with Crippen LogP contribution in [0.2, 0.25) is 0 Å². The van der Waals surface area contributed by atoms with Crippen molar-refractivity contribution in [3.63, 3.8) is 0 Å². The summed E-state index contributed by atoms with van der Waals surface area (Å²) < 4.78 is 0. The van der Waals surface area contributed by atoms with Crippen molar-refractivity contribution in [2.75, 3.05) is 6.54 Å². The van der Waals surface area contributed by atoms with Gasteiger partial charge < -0.3 is 10.6 Å². The molecule has 10 heteroatoms. The number of rotatable bonds is 7. The number of nitrogens with zero attached hydrogens (tertiary/aromatic N) is 2. The number of imide groups is 2. The van der Waals surface area contributed by atoms with Crippen LogP contribution in [-0.2, 0) is 20.8 Å². The number of hydrazine groups is 1. The van der Waals surface area contributed by atoms with Crippen molar-refractivity contribution in [1.29, 1.82) is 0 Å². The fourth-order valence-corrected chi connectivity index (χ4v) is 5.04. The summed E-state index contributed by atoms with van der Waals surface area (Å²) in [6.45, 7) is 3.15. The van der Waals surface area contributed by atoms with Gasteiger partial charge in [0.1, 0.15) is 17.6 Å². The van der Waals surface area contributed by atoms with Crippen LogP contribution in [0.25, 0.3) is 0 Å². The van der Waals surface area contributed by atoms with Crippen LogP contribution in [0.4, 0.5) is 9.59 Å². The van der Waals surface area contributed by atoms with Gasteiger partial charge in [0.2, 0.25) is 0 Å². The van der Waals surface area contributed by atoms with Gasteiger partial charge in [0.25, 0.3) is 17.7 Å². The van der Waals surface area contributed by atoms with Crippen LogP contribution in [0.5, 0.6) is 0 Å². The molecule has 34 heavy (non-hydrogen) atoms. The summed E-state index contributed by atoms with van der Waals surface area (Å²) in [7, 11) is 0. The molecule has 1 atom stereocenters. The zero-order valence-electron chi connectivity index (χ0n) is 19.6. The molecule has 1 saturated carbocycles. The van der Waals surface area contributed by atoms with Gasteiger partial charge in [-0.15, -0.1) is 0 Å². The van der Waals surface area contributed by atoms with Gasteiger partial charge in [0.05, 0.1) is 0 Å². The summed E-state index contributed by atoms with van der Waals surface area (Å²) >= 11 is 0. The number of benzene rings is 1. The largest absolute Gasteiger partial charge is 0.344 e. The van der Waals surface area contributed by atoms with Crippen molar-refractivity contribution < 1.29 is 24.0 Å². The lowest BCUT2D eigenvalue weighted by Gasteiger charge is -2.34. The molecule has 182 valence electrons. The van der Waals surface area contributed by atoms with E-state index in [2.05, 4.69) is 23.0 Å². The molecule has 7 amide bonds. The van der Waals surface area contributed by atoms with Gasteiger partial charge in [-0.25, -0.2) is 9.59 Å². The number of aryl methyl sites for hydroxylation is 1. The number of nitrogens with one attached hydrogen (secondary N) is 3. The van der Waals surface area contributed by atoms with Crippen LogP contribution in [0, 0.1) is 5.92 Å². The zero-order chi connectivity index (χ0) is 24.5. The molecule has 1 spiro atoms. The lowest BCUT2D eigenvalue weighted by molar-refractivity contribution is -0.141. The van der Waals surface area contributed by atoms with Gasteiger partial charge in [-0.05, 0) is 56.9 Å². The van der Waals surface area contributed by atoms with E-state index in [1.54, 1.807) is 6.92 Å². The van der Waals surface area contributed by atoms with E-state index in [9.17, 15) is 24.0 Å². The molecule has 1 aromatic rings. The second-order valence-corrected chi connectivity index (χ2v) is 9.68. The van der Waals surface area contributed by atoms with Crippen LogP contribution < -0.4 is 16.1 Å². The van der Waals surface area contributed by atoms with Gasteiger partial charge in [-0.3, -0.25) is 24.7 Å². The van der Waals surface area contributed by atoms with Crippen molar-refractivity contribution >= 4 is 29.8 Å². The third-order valence-corrected chi connectivity index (χ3v) is 7.34. The van der Waals surface area contributed by atoms with Crippen LogP contribution in [0.15, 0.2) is 30.3 Å². The molecule has 2 heterocycles. The zero-order valence-corrected chi connectivity index (χ0v) is 19.6. The fraction of sp³-hybridized carbons (Fsp3) is 0.542. The minimum absolute atomic E-state index is 0.349. The van der Waals surface area contributed by atoms with Crippen molar-refractivity contribution in [2.45, 2.75) is 69.9 Å². The standard InChI is InChI=1S/C24H31N5O5/c1-3-16-10-13-24(14-11-16)20(32)28(21(33)26-24)15-18(30)27-29-19(31)23(2,25-22(29)34)12-9-17-7-5-4-6-8-17/h4-8,16H,3,9-15H2,1-2H3,(H,25,34)(H,26,33)(H,27,30)/t16?,23-,24?/m0/s1. The highest BCUT2D eigenvalue weighted by molar-refractivity contribution is 6.10. The summed E-state index contributed by atoms with van der Waals surface area (Å²) in [5.41, 5.74) is 1.15. The topological polar surface area (TPSA) is 128 Å². The summed E-state index contributed by atoms with van der Waals surface area (Å²) in [6, 6.07) is 8.19. The maximum absolute atomic E-state index is 13.0. The normalized spacial score (nSPS) is 28.9. The average Bonchev–Trinajstić information content (AvgIpc) is 3.18. The molecule has 0 aromatic heterocycles. The van der Waals surface area contributed by atoms with Crippen LogP contribution in [-0.4, -0.2) is 57.3 Å². The molecule has 10 nitrogen and oxygen atoms in total. The first-order chi connectivity index (χ1) is 16.2. The van der Waals surface area contributed by atoms with E-state index in [0.29, 0.717) is 36.6 Å². The van der Waals surface area contributed by atoms with Crippen LogP contribution >= 0.6 is 0 Å². The highest BCUT2D eigenvalue weighted by Gasteiger charge is 2.53. The van der Waals surface area contributed by atoms with Crippen molar-refractivity contribution in [2.24, 2.45) is 5.92 Å². The van der Waals surface area contributed by atoms with E-state index in [1.165, 1.54) is 0 Å². The Balaban J connectivity index is 1.35. The first-order valence-electron chi connectivity index (χ1n) is 11.8. The number of carbonyl (C=O) groups excluding carboxylic acids is 5. The highest BCUT2D eigenvalue weighted by Crippen LogP contribution is 2.37. The predicted molar refractivity (Wildman–Crippen MR) is 122 cm³/mol. The van der Waals surface area contributed by atoms with Crippen molar-refractivity contribution in [3.8, 4) is 0 Å². The first-order valence-corrected chi connectivity index (χ1v) is 11.8. The third-order valence-electron chi connectivity index (χ3n) is 7.34. The molecule has 0 radical (unpaired) electrons. The van der Waals surface area contributed by atoms with Crippen molar-refractivity contribution in [3.05, 3.63) is 35.9 Å². The quantitative estimate of drug-likeness (QED) is 0.525. The summed E-state index contributed by atoms with van der Waals surface area (Å²) in [6.07, 6.45) is 4.71. The number of amides is 7. The number of carbonyl (C=O) groups is 5. The highest BCUT2D eigenvalue weighted by atomic mass is 16.2. The molecule has 4 rings (SSSR count). The average molecular weight is 470 g/mol. The molecule has 1 aromatic carbocycles. The Morgan fingerprint density at radius 3 is 2.35 bits per heavy atom. The molecule has 3 fully saturated rings. The third kappa shape index (κ3) is 4.36. The molecule has 2 aliphatic heterocycles. The van der Waals surface area contributed by atoms with Crippen LogP contribution in [0.1, 0.15) is 57.9 Å². The minimum atomic E-state index is -1.18. The van der Waals surface area contributed by atoms with E-state index in [4.69, 9.17) is 0 Å². The van der Waals surface area contributed by atoms with E-state index >= 15 is 0 Å². The number of urea groups is 2. The first kappa shape index (κ1) is 23.7. The van der Waals surface area contributed by atoms with Crippen LogP contribution in [0.3, 0.4) is 0 Å². The molecule has 0 unspecified atom stereocenters. The Bertz CT molecular complexity index is 1000. The maximum atomic E-state index is 13.0. The second kappa shape index (κ2) is 9.08. The Kier molecular flexibility index (Phi) is 6.33. The Hall–Kier alpha value is -3.43. The van der Waals surface area contributed by atoms with Gasteiger partial charge in [-0.2, -0.15) is 5.01 Å². The van der Waals surface area contributed by atoms with Gasteiger partial charge >= 0.3 is 12.1 Å². The fourth-order valence-electron chi connectivity index (χ4n) is 5.04. The number of hydrogen-bond acceptors (Lipinski definition) is 5. The van der Waals surface area contributed by atoms with E-state index in [1.807, 2.05) is 30.3 Å². The minimum Gasteiger partial charge on any atom is -0.323 e. The van der Waals surface area contributed by atoms with Crippen molar-refractivity contribution in [1.82, 2.24) is 26.0 Å². The lowest BCUT2D eigenvalue weighted by Crippen LogP contribution is -2.53. The summed E-state index contributed by atoms with van der Waals surface area (Å²) in [4.78, 5) is 64.4. The van der Waals surface area contributed by atoms with E-state index < -0.39 is 47.4 Å². The predicted octanol–water partition coefficient (Wildman–Crippen LogP) is 1.85. The summed E-state index contributed by atoms with van der Waals surface area (Å²) in [5.74, 6) is -1.28. The lowest BCUT2D eigenvalue weighted by atomic mass is 9.75. The summed E-state index contributed by atoms with van der Waals surface area (Å²) in [5, 5.41) is 6.04. The van der Waals surface area contributed by atoms with E-state index in [-0.39, 0.29) is 0 Å². The molecule has 3 N–H and O–H groups in total. The molecule has 0 bridgehead atoms. The SMILES string of the molecule is CCC1CCC2(CC1)NC(=O)N(CC(=O)NN1C(=O)N[C@@](C)(CCc3ccccc3)C1=O)C2=O. The van der Waals surface area contributed by atoms with E-state index in [0.717, 1.165) is 29.7 Å². The Labute approximate surface area is 198 Å². The molecular weight excluding hydrogens is 438 g/mol. The molecule has 3 aliphatic rings. The maximum Gasteiger partial charge on any atom is 0.344 e. The molecular formula is C24H31N5O5. The Morgan fingerprint density at radius 2 is 1.71 bits per heavy atom. The number of hydrogen-bond donors (Lipinski definition) is 3. The Morgan fingerprint density at radius 1 is 1.03 bits per heavy atom. The molecule has 1 aliphatic carbocycles.